The molecule has 0 saturated heterocycles. The summed E-state index contributed by atoms with van der Waals surface area (Å²) >= 11 is 0. The van der Waals surface area contributed by atoms with Crippen LogP contribution in [0.1, 0.15) is 12.8 Å². The maximum atomic E-state index is 5.08. The summed E-state index contributed by atoms with van der Waals surface area (Å²) in [5, 5.41) is 0. The summed E-state index contributed by atoms with van der Waals surface area (Å²) in [5.74, 6) is 0. The molecule has 1 atom stereocenters. The molecule has 0 N–H and O–H groups in total. The summed E-state index contributed by atoms with van der Waals surface area (Å²) in [5.41, 5.74) is 4.39. The van der Waals surface area contributed by atoms with Crippen molar-refractivity contribution in [1.82, 2.24) is 0 Å². The van der Waals surface area contributed by atoms with Gasteiger partial charge in [0.25, 0.3) is 0 Å². The van der Waals surface area contributed by atoms with E-state index in [1.807, 2.05) is 0 Å². The minimum atomic E-state index is 0.444. The van der Waals surface area contributed by atoms with Gasteiger partial charge in [0, 0.05) is 5.57 Å². The molecule has 0 aromatic carbocycles. The lowest BCUT2D eigenvalue weighted by Crippen LogP contribution is -2.19. The van der Waals surface area contributed by atoms with Crippen LogP contribution in [-0.2, 0) is 4.74 Å². The zero-order valence-corrected chi connectivity index (χ0v) is 3.98. The molecule has 7 heavy (non-hydrogen) atoms. The van der Waals surface area contributed by atoms with Crippen LogP contribution in [0.15, 0.2) is 17.6 Å². The van der Waals surface area contributed by atoms with E-state index in [4.69, 9.17) is 4.74 Å². The molecule has 36 valence electrons. The van der Waals surface area contributed by atoms with Gasteiger partial charge in [-0.1, -0.05) is 5.73 Å². The zero-order valence-electron chi connectivity index (χ0n) is 3.98. The fourth-order valence-corrected chi connectivity index (χ4v) is 0.914. The summed E-state index contributed by atoms with van der Waals surface area (Å²) in [4.78, 5) is 0. The van der Waals surface area contributed by atoms with Crippen LogP contribution in [-0.4, -0.2) is 6.10 Å². The first-order valence-electron chi connectivity index (χ1n) is 2.56. The molecule has 0 bridgehead atoms. The standard InChI is InChI=1S/C6H6O/c1-2-6-5(1)3-4-7-6/h4,6H,1-2H2. The lowest BCUT2D eigenvalue weighted by atomic mass is 9.91. The molecule has 1 nitrogen and oxygen atoms in total. The first kappa shape index (κ1) is 3.34. The van der Waals surface area contributed by atoms with E-state index in [1.165, 1.54) is 18.4 Å². The van der Waals surface area contributed by atoms with Gasteiger partial charge in [-0.2, -0.15) is 0 Å². The largest absolute Gasteiger partial charge is 0.485 e. The SMILES string of the molecule is C1=COC2CCC=12. The summed E-state index contributed by atoms with van der Waals surface area (Å²) in [6.45, 7) is 0. The Bertz CT molecular complexity index is 152. The highest BCUT2D eigenvalue weighted by Crippen LogP contribution is 2.31. The van der Waals surface area contributed by atoms with Gasteiger partial charge >= 0.3 is 0 Å². The van der Waals surface area contributed by atoms with E-state index in [2.05, 4.69) is 5.73 Å². The molecule has 0 radical (unpaired) electrons. The molecule has 1 heterocycles. The first-order chi connectivity index (χ1) is 3.47. The van der Waals surface area contributed by atoms with Crippen LogP contribution in [0, 0.1) is 0 Å². The van der Waals surface area contributed by atoms with Crippen molar-refractivity contribution < 1.29 is 4.74 Å². The lowest BCUT2D eigenvalue weighted by molar-refractivity contribution is 0.144. The summed E-state index contributed by atoms with van der Waals surface area (Å²) < 4.78 is 5.08. The summed E-state index contributed by atoms with van der Waals surface area (Å²) in [7, 11) is 0. The molecular formula is C6H6O. The molecule has 1 aliphatic heterocycles. The molecular weight excluding hydrogens is 88.1 g/mol. The molecule has 1 saturated carbocycles. The van der Waals surface area contributed by atoms with Crippen LogP contribution in [0.3, 0.4) is 0 Å². The molecule has 0 amide bonds. The maximum absolute atomic E-state index is 5.08. The van der Waals surface area contributed by atoms with Crippen LogP contribution >= 0.6 is 0 Å². The highest BCUT2D eigenvalue weighted by Gasteiger charge is 2.26. The second-order valence-electron chi connectivity index (χ2n) is 1.95. The van der Waals surface area contributed by atoms with E-state index in [1.54, 1.807) is 6.26 Å². The monoisotopic (exact) mass is 94.0 g/mol. The maximum Gasteiger partial charge on any atom is 0.128 e. The lowest BCUT2D eigenvalue weighted by Gasteiger charge is -2.22. The first-order valence-corrected chi connectivity index (χ1v) is 2.56. The average Bonchev–Trinajstić information content (AvgIpc) is 1.85. The van der Waals surface area contributed by atoms with E-state index < -0.39 is 0 Å². The Labute approximate surface area is 42.3 Å². The third-order valence-electron chi connectivity index (χ3n) is 1.54. The Morgan fingerprint density at radius 2 is 2.86 bits per heavy atom. The Hall–Kier alpha value is -0.680. The normalized spacial score (nSPS) is 33.1. The van der Waals surface area contributed by atoms with Gasteiger partial charge in [-0.15, -0.1) is 0 Å². The smallest absolute Gasteiger partial charge is 0.128 e. The third-order valence-corrected chi connectivity index (χ3v) is 1.54. The van der Waals surface area contributed by atoms with Crippen molar-refractivity contribution in [3.63, 3.8) is 0 Å². The number of fused-ring (bicyclic) bond motifs is 1. The molecule has 2 aliphatic rings. The van der Waals surface area contributed by atoms with Crippen molar-refractivity contribution in [2.75, 3.05) is 0 Å². The molecule has 0 aromatic heterocycles. The van der Waals surface area contributed by atoms with Crippen molar-refractivity contribution in [1.29, 1.82) is 0 Å². The molecule has 1 fully saturated rings. The van der Waals surface area contributed by atoms with Crippen molar-refractivity contribution >= 4 is 0 Å². The molecule has 1 aliphatic carbocycles. The van der Waals surface area contributed by atoms with Gasteiger partial charge in [-0.3, -0.25) is 0 Å². The number of hydrogen-bond acceptors (Lipinski definition) is 1. The fraction of sp³-hybridized carbons (Fsp3) is 0.500. The van der Waals surface area contributed by atoms with E-state index in [9.17, 15) is 0 Å². The number of rotatable bonds is 0. The minimum absolute atomic E-state index is 0.444. The van der Waals surface area contributed by atoms with Crippen molar-refractivity contribution in [3.8, 4) is 0 Å². The van der Waals surface area contributed by atoms with Gasteiger partial charge in [0.2, 0.25) is 0 Å². The van der Waals surface area contributed by atoms with E-state index in [0.29, 0.717) is 6.10 Å². The predicted molar refractivity (Wildman–Crippen MR) is 25.7 cm³/mol. The molecule has 1 unspecified atom stereocenters. The zero-order chi connectivity index (χ0) is 4.69. The van der Waals surface area contributed by atoms with E-state index in [0.717, 1.165) is 0 Å². The third kappa shape index (κ3) is 0.286. The van der Waals surface area contributed by atoms with E-state index >= 15 is 0 Å². The van der Waals surface area contributed by atoms with Gasteiger partial charge < -0.3 is 4.74 Å². The highest BCUT2D eigenvalue weighted by molar-refractivity contribution is 5.19. The molecule has 1 heteroatoms. The molecule has 0 aromatic rings. The fourth-order valence-electron chi connectivity index (χ4n) is 0.914. The van der Waals surface area contributed by atoms with Gasteiger partial charge in [0.15, 0.2) is 0 Å². The number of ether oxygens (including phenoxy) is 1. The van der Waals surface area contributed by atoms with Crippen LogP contribution in [0.2, 0.25) is 0 Å². The Morgan fingerprint density at radius 1 is 1.86 bits per heavy atom. The van der Waals surface area contributed by atoms with Crippen LogP contribution in [0.4, 0.5) is 0 Å². The Morgan fingerprint density at radius 3 is 3.14 bits per heavy atom. The molecule has 0 spiro atoms. The Kier molecular flexibility index (Phi) is 0.445. The average molecular weight is 94.1 g/mol. The van der Waals surface area contributed by atoms with Gasteiger partial charge in [-0.25, -0.2) is 0 Å². The second-order valence-corrected chi connectivity index (χ2v) is 1.95. The summed E-state index contributed by atoms with van der Waals surface area (Å²) in [6, 6.07) is 0. The van der Waals surface area contributed by atoms with Gasteiger partial charge in [0.05, 0.1) is 0 Å². The second kappa shape index (κ2) is 0.932. The van der Waals surface area contributed by atoms with Crippen molar-refractivity contribution in [2.45, 2.75) is 18.9 Å². The topological polar surface area (TPSA) is 9.23 Å². The van der Waals surface area contributed by atoms with Crippen LogP contribution < -0.4 is 0 Å². The van der Waals surface area contributed by atoms with Gasteiger partial charge in [-0.05, 0) is 12.8 Å². The Balaban J connectivity index is 2.35. The molecule has 2 rings (SSSR count). The van der Waals surface area contributed by atoms with Crippen molar-refractivity contribution in [2.24, 2.45) is 0 Å². The predicted octanol–water partition coefficient (Wildman–Crippen LogP) is 1.22. The van der Waals surface area contributed by atoms with Gasteiger partial charge in [0.1, 0.15) is 12.4 Å². The number of hydrogen-bond donors (Lipinski definition) is 0. The summed E-state index contributed by atoms with van der Waals surface area (Å²) in [6.07, 6.45) is 4.53. The quantitative estimate of drug-likeness (QED) is 0.410. The van der Waals surface area contributed by atoms with Crippen LogP contribution in [0.5, 0.6) is 0 Å². The van der Waals surface area contributed by atoms with E-state index in [-0.39, 0.29) is 0 Å². The minimum Gasteiger partial charge on any atom is -0.485 e. The van der Waals surface area contributed by atoms with Crippen molar-refractivity contribution in [3.05, 3.63) is 17.6 Å². The highest BCUT2D eigenvalue weighted by atomic mass is 16.5. The van der Waals surface area contributed by atoms with Crippen LogP contribution in [0.25, 0.3) is 0 Å².